The first-order valence-electron chi connectivity index (χ1n) is 6.42. The summed E-state index contributed by atoms with van der Waals surface area (Å²) in [5.74, 6) is 0. The van der Waals surface area contributed by atoms with Crippen LogP contribution in [0.3, 0.4) is 0 Å². The molecule has 3 nitrogen and oxygen atoms in total. The van der Waals surface area contributed by atoms with Crippen molar-refractivity contribution in [3.63, 3.8) is 0 Å². The van der Waals surface area contributed by atoms with Crippen molar-refractivity contribution in [1.29, 1.82) is 0 Å². The molecule has 0 amide bonds. The van der Waals surface area contributed by atoms with Crippen LogP contribution in [-0.4, -0.2) is 36.1 Å². The molecule has 0 bridgehead atoms. The molecule has 1 N–H and O–H groups in total. The summed E-state index contributed by atoms with van der Waals surface area (Å²) >= 11 is 0. The van der Waals surface area contributed by atoms with Gasteiger partial charge in [-0.15, -0.1) is 0 Å². The average molecular weight is 235 g/mol. The lowest BCUT2D eigenvalue weighted by Crippen LogP contribution is -2.29. The Morgan fingerprint density at radius 2 is 2.18 bits per heavy atom. The lowest BCUT2D eigenvalue weighted by atomic mass is 10.2. The topological polar surface area (TPSA) is 28.2 Å². The van der Waals surface area contributed by atoms with E-state index in [0.717, 1.165) is 25.3 Å². The molecule has 0 atom stereocenters. The van der Waals surface area contributed by atoms with Gasteiger partial charge in [-0.25, -0.2) is 0 Å². The fraction of sp³-hybridized carbons (Fsp3) is 0.643. The van der Waals surface area contributed by atoms with E-state index in [1.165, 1.54) is 12.0 Å². The smallest absolute Gasteiger partial charge is 0.0570 e. The number of pyridine rings is 1. The van der Waals surface area contributed by atoms with Gasteiger partial charge in [-0.1, -0.05) is 6.07 Å². The van der Waals surface area contributed by atoms with Crippen LogP contribution in [-0.2, 0) is 6.54 Å². The number of nitrogens with one attached hydrogen (secondary N) is 1. The van der Waals surface area contributed by atoms with Gasteiger partial charge in [0.1, 0.15) is 0 Å². The highest BCUT2D eigenvalue weighted by molar-refractivity contribution is 5.17. The van der Waals surface area contributed by atoms with E-state index in [1.54, 1.807) is 0 Å². The Morgan fingerprint density at radius 1 is 1.41 bits per heavy atom. The average Bonchev–Trinajstić information content (AvgIpc) is 2.30. The molecule has 0 aromatic carbocycles. The second-order valence-corrected chi connectivity index (χ2v) is 4.87. The predicted octanol–water partition coefficient (Wildman–Crippen LogP) is 2.21. The normalized spacial score (nSPS) is 11.4. The Hall–Kier alpha value is -0.930. The number of hydrogen-bond acceptors (Lipinski definition) is 3. The molecule has 3 heteroatoms. The summed E-state index contributed by atoms with van der Waals surface area (Å²) in [5.41, 5.74) is 2.42. The zero-order chi connectivity index (χ0) is 12.7. The van der Waals surface area contributed by atoms with Gasteiger partial charge in [0.05, 0.1) is 5.69 Å². The second kappa shape index (κ2) is 7.41. The molecular formula is C14H25N3. The molecule has 0 fully saturated rings. The van der Waals surface area contributed by atoms with Crippen molar-refractivity contribution in [2.75, 3.05) is 20.1 Å². The van der Waals surface area contributed by atoms with Crippen LogP contribution < -0.4 is 5.32 Å². The Morgan fingerprint density at radius 3 is 2.82 bits per heavy atom. The van der Waals surface area contributed by atoms with Gasteiger partial charge >= 0.3 is 0 Å². The minimum absolute atomic E-state index is 0.632. The van der Waals surface area contributed by atoms with Gasteiger partial charge in [0.2, 0.25) is 0 Å². The largest absolute Gasteiger partial charge is 0.311 e. The van der Waals surface area contributed by atoms with Crippen LogP contribution in [0.25, 0.3) is 0 Å². The maximum absolute atomic E-state index is 4.37. The number of aromatic nitrogens is 1. The molecule has 0 aliphatic heterocycles. The predicted molar refractivity (Wildman–Crippen MR) is 73.1 cm³/mol. The molecule has 0 radical (unpaired) electrons. The van der Waals surface area contributed by atoms with Crippen LogP contribution in [0.1, 0.15) is 31.5 Å². The zero-order valence-corrected chi connectivity index (χ0v) is 11.5. The summed E-state index contributed by atoms with van der Waals surface area (Å²) in [7, 11) is 2.17. The minimum atomic E-state index is 0.632. The van der Waals surface area contributed by atoms with E-state index in [2.05, 4.69) is 49.1 Å². The molecule has 1 heterocycles. The first-order valence-corrected chi connectivity index (χ1v) is 6.42. The molecule has 1 aromatic heterocycles. The summed E-state index contributed by atoms with van der Waals surface area (Å²) in [6.45, 7) is 9.63. The standard InChI is InChI=1S/C14H25N3/c1-12(2)17(4)10-6-8-15-11-14-13(3)7-5-9-16-14/h5,7,9,12,15H,6,8,10-11H2,1-4H3. The van der Waals surface area contributed by atoms with Crippen LogP contribution in [0.5, 0.6) is 0 Å². The van der Waals surface area contributed by atoms with Gasteiger partial charge in [-0.05, 0) is 59.0 Å². The quantitative estimate of drug-likeness (QED) is 0.734. The van der Waals surface area contributed by atoms with Crippen LogP contribution in [0.2, 0.25) is 0 Å². The fourth-order valence-electron chi connectivity index (χ4n) is 1.62. The highest BCUT2D eigenvalue weighted by Gasteiger charge is 2.02. The van der Waals surface area contributed by atoms with Gasteiger partial charge in [0.15, 0.2) is 0 Å². The maximum atomic E-state index is 4.37. The molecule has 0 saturated carbocycles. The van der Waals surface area contributed by atoms with Crippen molar-refractivity contribution in [1.82, 2.24) is 15.2 Å². The van der Waals surface area contributed by atoms with E-state index >= 15 is 0 Å². The van der Waals surface area contributed by atoms with Crippen molar-refractivity contribution in [3.8, 4) is 0 Å². The number of rotatable bonds is 7. The van der Waals surface area contributed by atoms with E-state index in [-0.39, 0.29) is 0 Å². The van der Waals surface area contributed by atoms with Crippen molar-refractivity contribution in [2.45, 2.75) is 39.8 Å². The molecule has 0 aliphatic rings. The Labute approximate surface area is 105 Å². The summed E-state index contributed by atoms with van der Waals surface area (Å²) in [5, 5.41) is 3.45. The van der Waals surface area contributed by atoms with Gasteiger partial charge in [0.25, 0.3) is 0 Å². The number of aryl methyl sites for hydroxylation is 1. The monoisotopic (exact) mass is 235 g/mol. The van der Waals surface area contributed by atoms with E-state index in [0.29, 0.717) is 6.04 Å². The highest BCUT2D eigenvalue weighted by Crippen LogP contribution is 2.02. The molecular weight excluding hydrogens is 210 g/mol. The van der Waals surface area contributed by atoms with E-state index in [9.17, 15) is 0 Å². The van der Waals surface area contributed by atoms with E-state index < -0.39 is 0 Å². The summed E-state index contributed by atoms with van der Waals surface area (Å²) < 4.78 is 0. The molecule has 1 rings (SSSR count). The van der Waals surface area contributed by atoms with E-state index in [1.807, 2.05) is 12.3 Å². The summed E-state index contributed by atoms with van der Waals surface area (Å²) in [4.78, 5) is 6.74. The van der Waals surface area contributed by atoms with Crippen molar-refractivity contribution in [3.05, 3.63) is 29.6 Å². The van der Waals surface area contributed by atoms with Crippen molar-refractivity contribution < 1.29 is 0 Å². The van der Waals surface area contributed by atoms with Crippen LogP contribution in [0, 0.1) is 6.92 Å². The molecule has 0 unspecified atom stereocenters. The van der Waals surface area contributed by atoms with Gasteiger partial charge < -0.3 is 10.2 Å². The van der Waals surface area contributed by atoms with Gasteiger partial charge in [0, 0.05) is 18.8 Å². The maximum Gasteiger partial charge on any atom is 0.0570 e. The molecule has 17 heavy (non-hydrogen) atoms. The van der Waals surface area contributed by atoms with Crippen LogP contribution in [0.4, 0.5) is 0 Å². The lowest BCUT2D eigenvalue weighted by molar-refractivity contribution is 0.269. The number of nitrogens with zero attached hydrogens (tertiary/aromatic N) is 2. The molecule has 1 aromatic rings. The molecule has 0 spiro atoms. The third kappa shape index (κ3) is 5.29. The number of hydrogen-bond donors (Lipinski definition) is 1. The molecule has 96 valence electrons. The first kappa shape index (κ1) is 14.1. The van der Waals surface area contributed by atoms with E-state index in [4.69, 9.17) is 0 Å². The SMILES string of the molecule is Cc1cccnc1CNCCCN(C)C(C)C. The van der Waals surface area contributed by atoms with Crippen LogP contribution in [0.15, 0.2) is 18.3 Å². The Balaban J connectivity index is 2.15. The molecule has 0 saturated heterocycles. The van der Waals surface area contributed by atoms with Crippen LogP contribution >= 0.6 is 0 Å². The third-order valence-corrected chi connectivity index (χ3v) is 3.16. The molecule has 0 aliphatic carbocycles. The summed E-state index contributed by atoms with van der Waals surface area (Å²) in [6.07, 6.45) is 3.04. The van der Waals surface area contributed by atoms with Gasteiger partial charge in [-0.2, -0.15) is 0 Å². The zero-order valence-electron chi connectivity index (χ0n) is 11.5. The highest BCUT2D eigenvalue weighted by atomic mass is 15.1. The fourth-order valence-corrected chi connectivity index (χ4v) is 1.62. The summed E-state index contributed by atoms with van der Waals surface area (Å²) in [6, 6.07) is 4.72. The first-order chi connectivity index (χ1) is 8.11. The third-order valence-electron chi connectivity index (χ3n) is 3.16. The second-order valence-electron chi connectivity index (χ2n) is 4.87. The Bertz CT molecular complexity index is 323. The van der Waals surface area contributed by atoms with Gasteiger partial charge in [-0.3, -0.25) is 4.98 Å². The lowest BCUT2D eigenvalue weighted by Gasteiger charge is -2.20. The Kier molecular flexibility index (Phi) is 6.16. The minimum Gasteiger partial charge on any atom is -0.311 e. The van der Waals surface area contributed by atoms with Crippen molar-refractivity contribution >= 4 is 0 Å². The van der Waals surface area contributed by atoms with Crippen molar-refractivity contribution in [2.24, 2.45) is 0 Å².